The molecule has 1 N–H and O–H groups in total. The van der Waals surface area contributed by atoms with Gasteiger partial charge in [-0.3, -0.25) is 9.59 Å². The van der Waals surface area contributed by atoms with Crippen molar-refractivity contribution in [2.75, 3.05) is 6.61 Å². The first-order chi connectivity index (χ1) is 12.5. The molecule has 2 aromatic carbocycles. The highest BCUT2D eigenvalue weighted by Crippen LogP contribution is 2.25. The molecule has 134 valence electrons. The number of carbonyl (C=O) groups is 1. The SMILES string of the molecule is Cc1ccccc1Oc1coc2cc(OCCCC(=O)O)ccc2c1=O. The fourth-order valence-electron chi connectivity index (χ4n) is 2.45. The van der Waals surface area contributed by atoms with E-state index in [0.717, 1.165) is 5.56 Å². The molecular weight excluding hydrogens is 336 g/mol. The van der Waals surface area contributed by atoms with Gasteiger partial charge in [0.25, 0.3) is 0 Å². The van der Waals surface area contributed by atoms with Crippen LogP contribution in [0.15, 0.2) is 57.9 Å². The van der Waals surface area contributed by atoms with Gasteiger partial charge in [0.1, 0.15) is 23.3 Å². The van der Waals surface area contributed by atoms with E-state index in [2.05, 4.69) is 0 Å². The summed E-state index contributed by atoms with van der Waals surface area (Å²) in [6.45, 7) is 2.17. The van der Waals surface area contributed by atoms with Crippen LogP contribution in [0.2, 0.25) is 0 Å². The molecule has 0 aliphatic heterocycles. The molecule has 0 saturated heterocycles. The minimum Gasteiger partial charge on any atom is -0.493 e. The lowest BCUT2D eigenvalue weighted by atomic mass is 10.2. The first-order valence-corrected chi connectivity index (χ1v) is 8.18. The van der Waals surface area contributed by atoms with Gasteiger partial charge in [-0.05, 0) is 37.1 Å². The second-order valence-electron chi connectivity index (χ2n) is 5.80. The first-order valence-electron chi connectivity index (χ1n) is 8.18. The molecule has 3 aromatic rings. The lowest BCUT2D eigenvalue weighted by Gasteiger charge is -2.09. The van der Waals surface area contributed by atoms with Gasteiger partial charge in [-0.25, -0.2) is 0 Å². The molecule has 0 aliphatic carbocycles. The highest BCUT2D eigenvalue weighted by atomic mass is 16.5. The zero-order valence-electron chi connectivity index (χ0n) is 14.2. The van der Waals surface area contributed by atoms with E-state index in [1.807, 2.05) is 25.1 Å². The zero-order valence-corrected chi connectivity index (χ0v) is 14.2. The molecule has 0 spiro atoms. The van der Waals surface area contributed by atoms with Gasteiger partial charge in [-0.2, -0.15) is 0 Å². The third-order valence-corrected chi connectivity index (χ3v) is 3.83. The lowest BCUT2D eigenvalue weighted by molar-refractivity contribution is -0.137. The minimum atomic E-state index is -0.862. The molecule has 0 aliphatic rings. The Kier molecular flexibility index (Phi) is 5.22. The molecular formula is C20H18O6. The number of aliphatic carboxylic acids is 1. The number of ether oxygens (including phenoxy) is 2. The zero-order chi connectivity index (χ0) is 18.5. The maximum Gasteiger partial charge on any atom is 0.303 e. The third-order valence-electron chi connectivity index (χ3n) is 3.83. The molecule has 0 atom stereocenters. The van der Waals surface area contributed by atoms with Crippen molar-refractivity contribution in [3.8, 4) is 17.2 Å². The molecule has 1 heterocycles. The average molecular weight is 354 g/mol. The van der Waals surface area contributed by atoms with Crippen molar-refractivity contribution in [1.82, 2.24) is 0 Å². The summed E-state index contributed by atoms with van der Waals surface area (Å²) in [5.74, 6) is 0.359. The van der Waals surface area contributed by atoms with Crippen LogP contribution in [-0.2, 0) is 4.79 Å². The van der Waals surface area contributed by atoms with Crippen LogP contribution >= 0.6 is 0 Å². The summed E-state index contributed by atoms with van der Waals surface area (Å²) in [5.41, 5.74) is 1.02. The van der Waals surface area contributed by atoms with E-state index >= 15 is 0 Å². The average Bonchev–Trinajstić information content (AvgIpc) is 2.63. The van der Waals surface area contributed by atoms with Crippen LogP contribution in [-0.4, -0.2) is 17.7 Å². The van der Waals surface area contributed by atoms with E-state index in [4.69, 9.17) is 19.0 Å². The van der Waals surface area contributed by atoms with E-state index in [1.165, 1.54) is 6.26 Å². The van der Waals surface area contributed by atoms with Crippen LogP contribution in [0, 0.1) is 6.92 Å². The Morgan fingerprint density at radius 1 is 1.15 bits per heavy atom. The van der Waals surface area contributed by atoms with Crippen molar-refractivity contribution < 1.29 is 23.8 Å². The predicted molar refractivity (Wildman–Crippen MR) is 96.1 cm³/mol. The molecule has 1 aromatic heterocycles. The lowest BCUT2D eigenvalue weighted by Crippen LogP contribution is -2.06. The molecule has 0 bridgehead atoms. The van der Waals surface area contributed by atoms with E-state index in [-0.39, 0.29) is 24.2 Å². The fourth-order valence-corrected chi connectivity index (χ4v) is 2.45. The quantitative estimate of drug-likeness (QED) is 0.642. The van der Waals surface area contributed by atoms with Crippen LogP contribution in [0.4, 0.5) is 0 Å². The Hall–Kier alpha value is -3.28. The van der Waals surface area contributed by atoms with Crippen LogP contribution in [0.3, 0.4) is 0 Å². The summed E-state index contributed by atoms with van der Waals surface area (Å²) in [6.07, 6.45) is 1.73. The number of carboxylic acids is 1. The number of benzene rings is 2. The largest absolute Gasteiger partial charge is 0.493 e. The van der Waals surface area contributed by atoms with Gasteiger partial charge < -0.3 is 19.0 Å². The van der Waals surface area contributed by atoms with Crippen molar-refractivity contribution in [1.29, 1.82) is 0 Å². The number of fused-ring (bicyclic) bond motifs is 1. The van der Waals surface area contributed by atoms with Crippen molar-refractivity contribution in [3.63, 3.8) is 0 Å². The topological polar surface area (TPSA) is 86.0 Å². The van der Waals surface area contributed by atoms with E-state index in [1.54, 1.807) is 24.3 Å². The Morgan fingerprint density at radius 3 is 2.73 bits per heavy atom. The molecule has 3 rings (SSSR count). The summed E-state index contributed by atoms with van der Waals surface area (Å²) < 4.78 is 16.7. The second-order valence-corrected chi connectivity index (χ2v) is 5.80. The predicted octanol–water partition coefficient (Wildman–Crippen LogP) is 4.14. The van der Waals surface area contributed by atoms with Gasteiger partial charge in [0.05, 0.1) is 12.0 Å². The molecule has 0 fully saturated rings. The van der Waals surface area contributed by atoms with Gasteiger partial charge >= 0.3 is 5.97 Å². The number of para-hydroxylation sites is 1. The maximum atomic E-state index is 12.6. The second kappa shape index (κ2) is 7.74. The normalized spacial score (nSPS) is 10.7. The van der Waals surface area contributed by atoms with Crippen LogP contribution in [0.5, 0.6) is 17.2 Å². The number of aryl methyl sites for hydroxylation is 1. The van der Waals surface area contributed by atoms with Crippen LogP contribution in [0.25, 0.3) is 11.0 Å². The number of rotatable bonds is 7. The Morgan fingerprint density at radius 2 is 1.96 bits per heavy atom. The van der Waals surface area contributed by atoms with Crippen molar-refractivity contribution in [3.05, 3.63) is 64.5 Å². The molecule has 26 heavy (non-hydrogen) atoms. The minimum absolute atomic E-state index is 0.0439. The Labute approximate surface area is 149 Å². The van der Waals surface area contributed by atoms with Crippen molar-refractivity contribution >= 4 is 16.9 Å². The Bertz CT molecular complexity index is 989. The van der Waals surface area contributed by atoms with Gasteiger partial charge in [-0.15, -0.1) is 0 Å². The van der Waals surface area contributed by atoms with E-state index < -0.39 is 5.97 Å². The summed E-state index contributed by atoms with van der Waals surface area (Å²) >= 11 is 0. The summed E-state index contributed by atoms with van der Waals surface area (Å²) in [6, 6.07) is 12.3. The molecule has 0 saturated carbocycles. The summed E-state index contributed by atoms with van der Waals surface area (Å²) in [5, 5.41) is 9.00. The van der Waals surface area contributed by atoms with E-state index in [9.17, 15) is 9.59 Å². The van der Waals surface area contributed by atoms with Crippen molar-refractivity contribution in [2.24, 2.45) is 0 Å². The molecule has 6 heteroatoms. The van der Waals surface area contributed by atoms with Crippen molar-refractivity contribution in [2.45, 2.75) is 19.8 Å². The highest BCUT2D eigenvalue weighted by molar-refractivity contribution is 5.79. The number of carboxylic acid groups (broad SMARTS) is 1. The standard InChI is InChI=1S/C20H18O6/c1-13-5-2-3-6-16(13)26-18-12-25-17-11-14(8-9-15(17)20(18)23)24-10-4-7-19(21)22/h2-3,5-6,8-9,11-12H,4,7,10H2,1H3,(H,21,22). The first kappa shape index (κ1) is 17.5. The highest BCUT2D eigenvalue weighted by Gasteiger charge is 2.11. The van der Waals surface area contributed by atoms with Gasteiger partial charge in [0.2, 0.25) is 11.2 Å². The number of hydrogen-bond acceptors (Lipinski definition) is 5. The molecule has 0 unspecified atom stereocenters. The van der Waals surface area contributed by atoms with Crippen LogP contribution in [0.1, 0.15) is 18.4 Å². The molecule has 0 radical (unpaired) electrons. The Balaban J connectivity index is 1.79. The fraction of sp³-hybridized carbons (Fsp3) is 0.200. The number of hydrogen-bond donors (Lipinski definition) is 1. The summed E-state index contributed by atoms with van der Waals surface area (Å²) in [7, 11) is 0. The van der Waals surface area contributed by atoms with E-state index in [0.29, 0.717) is 28.9 Å². The molecule has 0 amide bonds. The maximum absolute atomic E-state index is 12.6. The monoisotopic (exact) mass is 354 g/mol. The van der Waals surface area contributed by atoms with Gasteiger partial charge in [0.15, 0.2) is 0 Å². The van der Waals surface area contributed by atoms with Gasteiger partial charge in [-0.1, -0.05) is 18.2 Å². The van der Waals surface area contributed by atoms with Gasteiger partial charge in [0, 0.05) is 12.5 Å². The summed E-state index contributed by atoms with van der Waals surface area (Å²) in [4.78, 5) is 23.1. The van der Waals surface area contributed by atoms with Crippen LogP contribution < -0.4 is 14.9 Å². The third kappa shape index (κ3) is 4.03. The smallest absolute Gasteiger partial charge is 0.303 e. The molecule has 6 nitrogen and oxygen atoms in total.